The zero-order valence-corrected chi connectivity index (χ0v) is 9.75. The summed E-state index contributed by atoms with van der Waals surface area (Å²) in [6.45, 7) is 2.28. The van der Waals surface area contributed by atoms with Crippen LogP contribution in [0, 0.1) is 0 Å². The van der Waals surface area contributed by atoms with Crippen molar-refractivity contribution in [2.24, 2.45) is 0 Å². The highest BCUT2D eigenvalue weighted by Gasteiger charge is 2.20. The molecule has 0 amide bonds. The van der Waals surface area contributed by atoms with Crippen molar-refractivity contribution in [2.75, 3.05) is 13.2 Å². The highest BCUT2D eigenvalue weighted by molar-refractivity contribution is 7.07. The third-order valence-electron chi connectivity index (χ3n) is 3.06. The van der Waals surface area contributed by atoms with Gasteiger partial charge in [-0.05, 0) is 19.4 Å². The standard InChI is InChI=1S/C11H18N2OS/c14-7-11-4-2-1-3-5-13(11)6-10-8-15-9-12-10/h8-9,11,14H,1-7H2/t11-/m0/s1. The molecule has 0 saturated carbocycles. The minimum Gasteiger partial charge on any atom is -0.395 e. The molecule has 0 bridgehead atoms. The maximum Gasteiger partial charge on any atom is 0.0795 e. The Labute approximate surface area is 94.8 Å². The first-order valence-corrected chi connectivity index (χ1v) is 6.56. The van der Waals surface area contributed by atoms with Gasteiger partial charge in [-0.15, -0.1) is 11.3 Å². The molecule has 0 spiro atoms. The van der Waals surface area contributed by atoms with Crippen molar-refractivity contribution in [3.05, 3.63) is 16.6 Å². The van der Waals surface area contributed by atoms with Gasteiger partial charge in [-0.2, -0.15) is 0 Å². The second kappa shape index (κ2) is 5.58. The fourth-order valence-corrected chi connectivity index (χ4v) is 2.72. The van der Waals surface area contributed by atoms with Crippen LogP contribution in [0.25, 0.3) is 0 Å². The molecule has 4 heteroatoms. The Kier molecular flexibility index (Phi) is 4.11. The first kappa shape index (κ1) is 11.0. The van der Waals surface area contributed by atoms with E-state index in [1.165, 1.54) is 19.3 Å². The fraction of sp³-hybridized carbons (Fsp3) is 0.727. The van der Waals surface area contributed by atoms with Gasteiger partial charge in [0.1, 0.15) is 0 Å². The zero-order chi connectivity index (χ0) is 10.5. The number of thiazole rings is 1. The van der Waals surface area contributed by atoms with E-state index in [1.54, 1.807) is 11.3 Å². The van der Waals surface area contributed by atoms with Gasteiger partial charge in [0.05, 0.1) is 17.8 Å². The smallest absolute Gasteiger partial charge is 0.0795 e. The summed E-state index contributed by atoms with van der Waals surface area (Å²) in [6.07, 6.45) is 4.92. The summed E-state index contributed by atoms with van der Waals surface area (Å²) >= 11 is 1.64. The van der Waals surface area contributed by atoms with Crippen molar-refractivity contribution < 1.29 is 5.11 Å². The normalized spacial score (nSPS) is 23.9. The summed E-state index contributed by atoms with van der Waals surface area (Å²) in [5.74, 6) is 0. The number of likely N-dealkylation sites (tertiary alicyclic amines) is 1. The van der Waals surface area contributed by atoms with Crippen molar-refractivity contribution in [1.29, 1.82) is 0 Å². The molecule has 1 aromatic heterocycles. The molecule has 15 heavy (non-hydrogen) atoms. The van der Waals surface area contributed by atoms with Crippen LogP contribution in [0.15, 0.2) is 10.9 Å². The molecular weight excluding hydrogens is 208 g/mol. The Hall–Kier alpha value is -0.450. The molecule has 2 rings (SSSR count). The summed E-state index contributed by atoms with van der Waals surface area (Å²) in [5.41, 5.74) is 3.02. The van der Waals surface area contributed by atoms with E-state index in [4.69, 9.17) is 0 Å². The Morgan fingerprint density at radius 3 is 3.13 bits per heavy atom. The number of aromatic nitrogens is 1. The number of rotatable bonds is 3. The summed E-state index contributed by atoms with van der Waals surface area (Å²) in [5, 5.41) is 11.5. The van der Waals surface area contributed by atoms with E-state index in [0.717, 1.165) is 25.2 Å². The molecule has 1 N–H and O–H groups in total. The summed E-state index contributed by atoms with van der Waals surface area (Å²) < 4.78 is 0. The van der Waals surface area contributed by atoms with E-state index in [-0.39, 0.29) is 6.61 Å². The van der Waals surface area contributed by atoms with Crippen LogP contribution < -0.4 is 0 Å². The van der Waals surface area contributed by atoms with Gasteiger partial charge in [0.15, 0.2) is 0 Å². The molecule has 3 nitrogen and oxygen atoms in total. The first-order valence-electron chi connectivity index (χ1n) is 5.62. The summed E-state index contributed by atoms with van der Waals surface area (Å²) in [4.78, 5) is 6.68. The van der Waals surface area contributed by atoms with Gasteiger partial charge in [-0.3, -0.25) is 4.90 Å². The lowest BCUT2D eigenvalue weighted by molar-refractivity contribution is 0.117. The molecule has 84 valence electrons. The molecule has 1 atom stereocenters. The van der Waals surface area contributed by atoms with Gasteiger partial charge in [0.25, 0.3) is 0 Å². The summed E-state index contributed by atoms with van der Waals surface area (Å²) in [7, 11) is 0. The SMILES string of the molecule is OC[C@@H]1CCCCCN1Cc1cscn1. The van der Waals surface area contributed by atoms with E-state index < -0.39 is 0 Å². The monoisotopic (exact) mass is 226 g/mol. The highest BCUT2D eigenvalue weighted by atomic mass is 32.1. The lowest BCUT2D eigenvalue weighted by atomic mass is 10.1. The van der Waals surface area contributed by atoms with Crippen molar-refractivity contribution in [1.82, 2.24) is 9.88 Å². The van der Waals surface area contributed by atoms with Crippen LogP contribution in [0.4, 0.5) is 0 Å². The molecule has 2 heterocycles. The van der Waals surface area contributed by atoms with E-state index in [1.807, 2.05) is 5.51 Å². The van der Waals surface area contributed by atoms with E-state index >= 15 is 0 Å². The van der Waals surface area contributed by atoms with Crippen molar-refractivity contribution in [3.63, 3.8) is 0 Å². The zero-order valence-electron chi connectivity index (χ0n) is 8.93. The molecule has 1 aliphatic heterocycles. The van der Waals surface area contributed by atoms with Gasteiger partial charge < -0.3 is 5.11 Å². The summed E-state index contributed by atoms with van der Waals surface area (Å²) in [6, 6.07) is 0.342. The Balaban J connectivity index is 1.97. The molecule has 0 aromatic carbocycles. The van der Waals surface area contributed by atoms with Gasteiger partial charge in [-0.25, -0.2) is 4.98 Å². The predicted molar refractivity (Wildman–Crippen MR) is 61.9 cm³/mol. The number of hydrogen-bond acceptors (Lipinski definition) is 4. The number of aliphatic hydroxyl groups excluding tert-OH is 1. The first-order chi connectivity index (χ1) is 7.40. The van der Waals surface area contributed by atoms with Crippen LogP contribution in [0.5, 0.6) is 0 Å². The minimum absolute atomic E-state index is 0.282. The van der Waals surface area contributed by atoms with Crippen LogP contribution in [-0.4, -0.2) is 34.2 Å². The van der Waals surface area contributed by atoms with Crippen molar-refractivity contribution in [2.45, 2.75) is 38.3 Å². The molecule has 0 radical (unpaired) electrons. The fourth-order valence-electron chi connectivity index (χ4n) is 2.18. The topological polar surface area (TPSA) is 36.4 Å². The van der Waals surface area contributed by atoms with Gasteiger partial charge in [0.2, 0.25) is 0 Å². The molecule has 1 saturated heterocycles. The van der Waals surface area contributed by atoms with Crippen LogP contribution in [0.2, 0.25) is 0 Å². The van der Waals surface area contributed by atoms with Gasteiger partial charge in [0, 0.05) is 18.0 Å². The Morgan fingerprint density at radius 2 is 2.40 bits per heavy atom. The highest BCUT2D eigenvalue weighted by Crippen LogP contribution is 2.18. The third kappa shape index (κ3) is 3.00. The molecule has 1 aliphatic rings. The Morgan fingerprint density at radius 1 is 1.47 bits per heavy atom. The van der Waals surface area contributed by atoms with Crippen molar-refractivity contribution in [3.8, 4) is 0 Å². The van der Waals surface area contributed by atoms with Gasteiger partial charge >= 0.3 is 0 Å². The second-order valence-electron chi connectivity index (χ2n) is 4.14. The van der Waals surface area contributed by atoms with Crippen molar-refractivity contribution >= 4 is 11.3 Å². The van der Waals surface area contributed by atoms with Crippen LogP contribution in [0.3, 0.4) is 0 Å². The van der Waals surface area contributed by atoms with E-state index in [0.29, 0.717) is 6.04 Å². The molecule has 1 fully saturated rings. The average molecular weight is 226 g/mol. The molecule has 0 aliphatic carbocycles. The maximum atomic E-state index is 9.36. The number of hydrogen-bond donors (Lipinski definition) is 1. The lowest BCUT2D eigenvalue weighted by Gasteiger charge is -2.27. The van der Waals surface area contributed by atoms with Crippen LogP contribution >= 0.6 is 11.3 Å². The molecule has 0 unspecified atom stereocenters. The largest absolute Gasteiger partial charge is 0.395 e. The average Bonchev–Trinajstić information content (AvgIpc) is 2.64. The van der Waals surface area contributed by atoms with Crippen LogP contribution in [0.1, 0.15) is 31.4 Å². The Bertz CT molecular complexity index is 276. The number of aliphatic hydroxyl groups is 1. The van der Waals surface area contributed by atoms with E-state index in [9.17, 15) is 5.11 Å². The maximum absolute atomic E-state index is 9.36. The quantitative estimate of drug-likeness (QED) is 0.855. The van der Waals surface area contributed by atoms with E-state index in [2.05, 4.69) is 15.3 Å². The lowest BCUT2D eigenvalue weighted by Crippen LogP contribution is -2.36. The molecule has 1 aromatic rings. The van der Waals surface area contributed by atoms with Gasteiger partial charge in [-0.1, -0.05) is 12.8 Å². The second-order valence-corrected chi connectivity index (χ2v) is 4.85. The predicted octanol–water partition coefficient (Wildman–Crippen LogP) is 1.88. The molecular formula is C11H18N2OS. The van der Waals surface area contributed by atoms with Crippen LogP contribution in [-0.2, 0) is 6.54 Å². The minimum atomic E-state index is 0.282. The number of nitrogens with zero attached hydrogens (tertiary/aromatic N) is 2. The third-order valence-corrected chi connectivity index (χ3v) is 3.69.